The molecule has 1 atom stereocenters. The molecule has 5 nitrogen and oxygen atoms in total. The summed E-state index contributed by atoms with van der Waals surface area (Å²) in [6.45, 7) is 5.71. The van der Waals surface area contributed by atoms with E-state index < -0.39 is 0 Å². The molecule has 132 valence electrons. The van der Waals surface area contributed by atoms with Gasteiger partial charge in [0.25, 0.3) is 5.91 Å². The number of ether oxygens (including phenoxy) is 1. The van der Waals surface area contributed by atoms with Crippen LogP contribution in [-0.2, 0) is 4.79 Å². The highest BCUT2D eigenvalue weighted by Gasteiger charge is 2.15. The van der Waals surface area contributed by atoms with Crippen molar-refractivity contribution in [1.29, 1.82) is 0 Å². The molecule has 2 aromatic carbocycles. The quantitative estimate of drug-likeness (QED) is 0.850. The molecule has 0 heterocycles. The minimum Gasteiger partial charge on any atom is -0.496 e. The zero-order valence-electron chi connectivity index (χ0n) is 15.1. The molecule has 0 saturated heterocycles. The molecule has 2 rings (SSSR count). The van der Waals surface area contributed by atoms with E-state index in [0.29, 0.717) is 5.56 Å². The molecule has 0 bridgehead atoms. The molecule has 0 spiro atoms. The third-order valence-electron chi connectivity index (χ3n) is 3.92. The van der Waals surface area contributed by atoms with Crippen molar-refractivity contribution in [1.82, 2.24) is 10.6 Å². The van der Waals surface area contributed by atoms with Crippen LogP contribution in [-0.4, -0.2) is 25.5 Å². The number of methoxy groups -OCH3 is 1. The van der Waals surface area contributed by atoms with Crippen molar-refractivity contribution in [2.75, 3.05) is 13.7 Å². The van der Waals surface area contributed by atoms with Crippen molar-refractivity contribution in [3.63, 3.8) is 0 Å². The smallest absolute Gasteiger partial charge is 0.251 e. The highest BCUT2D eigenvalue weighted by molar-refractivity contribution is 5.96. The van der Waals surface area contributed by atoms with E-state index in [-0.39, 0.29) is 24.4 Å². The SMILES string of the molecule is COc1ccc(C)cc1[C@H](C)NC(=O)CNC(=O)c1cccc(C)c1. The number of nitrogens with one attached hydrogen (secondary N) is 2. The number of hydrogen-bond acceptors (Lipinski definition) is 3. The normalized spacial score (nSPS) is 11.5. The zero-order valence-corrected chi connectivity index (χ0v) is 15.1. The van der Waals surface area contributed by atoms with Gasteiger partial charge in [0.05, 0.1) is 19.7 Å². The molecule has 0 aliphatic heterocycles. The maximum atomic E-state index is 12.1. The number of rotatable bonds is 6. The van der Waals surface area contributed by atoms with E-state index >= 15 is 0 Å². The molecule has 0 aromatic heterocycles. The fourth-order valence-corrected chi connectivity index (χ4v) is 2.61. The summed E-state index contributed by atoms with van der Waals surface area (Å²) >= 11 is 0. The van der Waals surface area contributed by atoms with Crippen LogP contribution in [0, 0.1) is 13.8 Å². The van der Waals surface area contributed by atoms with Gasteiger partial charge in [-0.25, -0.2) is 0 Å². The van der Waals surface area contributed by atoms with Crippen molar-refractivity contribution < 1.29 is 14.3 Å². The third-order valence-corrected chi connectivity index (χ3v) is 3.92. The van der Waals surface area contributed by atoms with E-state index in [1.165, 1.54) is 0 Å². The van der Waals surface area contributed by atoms with Crippen LogP contribution < -0.4 is 15.4 Å². The van der Waals surface area contributed by atoms with Crippen LogP contribution in [0.2, 0.25) is 0 Å². The average Bonchev–Trinajstić information content (AvgIpc) is 2.59. The number of aryl methyl sites for hydroxylation is 2. The van der Waals surface area contributed by atoms with Crippen molar-refractivity contribution >= 4 is 11.8 Å². The molecule has 2 amide bonds. The largest absolute Gasteiger partial charge is 0.496 e. The first-order valence-electron chi connectivity index (χ1n) is 8.19. The Morgan fingerprint density at radius 2 is 1.80 bits per heavy atom. The van der Waals surface area contributed by atoms with Crippen molar-refractivity contribution in [2.45, 2.75) is 26.8 Å². The lowest BCUT2D eigenvalue weighted by atomic mass is 10.0. The Balaban J connectivity index is 1.94. The molecule has 0 saturated carbocycles. The lowest BCUT2D eigenvalue weighted by Crippen LogP contribution is -2.38. The van der Waals surface area contributed by atoms with E-state index in [4.69, 9.17) is 4.74 Å². The Hall–Kier alpha value is -2.82. The summed E-state index contributed by atoms with van der Waals surface area (Å²) in [5.74, 6) is 0.207. The topological polar surface area (TPSA) is 67.4 Å². The molecule has 2 N–H and O–H groups in total. The van der Waals surface area contributed by atoms with Crippen molar-refractivity contribution in [3.05, 3.63) is 64.7 Å². The second kappa shape index (κ2) is 8.33. The third kappa shape index (κ3) is 5.08. The van der Waals surface area contributed by atoms with Gasteiger partial charge in [-0.15, -0.1) is 0 Å². The molecule has 0 fully saturated rings. The van der Waals surface area contributed by atoms with Crippen LogP contribution in [0.1, 0.15) is 40.0 Å². The van der Waals surface area contributed by atoms with Crippen LogP contribution in [0.5, 0.6) is 5.75 Å². The summed E-state index contributed by atoms with van der Waals surface area (Å²) in [5, 5.41) is 5.52. The first-order valence-corrected chi connectivity index (χ1v) is 8.19. The molecular weight excluding hydrogens is 316 g/mol. The molecule has 2 aromatic rings. The molecular formula is C20H24N2O3. The lowest BCUT2D eigenvalue weighted by Gasteiger charge is -2.18. The zero-order chi connectivity index (χ0) is 18.4. The Labute approximate surface area is 148 Å². The fraction of sp³-hybridized carbons (Fsp3) is 0.300. The Bertz CT molecular complexity index is 771. The van der Waals surface area contributed by atoms with E-state index in [1.54, 1.807) is 19.2 Å². The van der Waals surface area contributed by atoms with E-state index in [1.807, 2.05) is 51.1 Å². The van der Waals surface area contributed by atoms with Gasteiger partial charge in [0.2, 0.25) is 5.91 Å². The maximum Gasteiger partial charge on any atom is 0.251 e. The molecule has 5 heteroatoms. The minimum atomic E-state index is -0.264. The molecule has 0 unspecified atom stereocenters. The molecule has 0 radical (unpaired) electrons. The number of amides is 2. The summed E-state index contributed by atoms with van der Waals surface area (Å²) in [4.78, 5) is 24.2. The van der Waals surface area contributed by atoms with Gasteiger partial charge in [-0.2, -0.15) is 0 Å². The molecule has 25 heavy (non-hydrogen) atoms. The highest BCUT2D eigenvalue weighted by atomic mass is 16.5. The minimum absolute atomic E-state index is 0.0781. The Morgan fingerprint density at radius 3 is 2.48 bits per heavy atom. The van der Waals surface area contributed by atoms with Crippen LogP contribution >= 0.6 is 0 Å². The van der Waals surface area contributed by atoms with Crippen LogP contribution in [0.25, 0.3) is 0 Å². The van der Waals surface area contributed by atoms with Crippen molar-refractivity contribution in [2.24, 2.45) is 0 Å². The van der Waals surface area contributed by atoms with Crippen LogP contribution in [0.4, 0.5) is 0 Å². The Morgan fingerprint density at radius 1 is 1.08 bits per heavy atom. The number of hydrogen-bond donors (Lipinski definition) is 2. The van der Waals surface area contributed by atoms with Gasteiger partial charge in [0, 0.05) is 11.1 Å². The van der Waals surface area contributed by atoms with Crippen molar-refractivity contribution in [3.8, 4) is 5.75 Å². The van der Waals surface area contributed by atoms with Gasteiger partial charge < -0.3 is 15.4 Å². The van der Waals surface area contributed by atoms with Gasteiger partial charge >= 0.3 is 0 Å². The van der Waals surface area contributed by atoms with Crippen LogP contribution in [0.15, 0.2) is 42.5 Å². The predicted molar refractivity (Wildman–Crippen MR) is 97.8 cm³/mol. The standard InChI is InChI=1S/C20H24N2O3/c1-13-6-5-7-16(10-13)20(24)21-12-19(23)22-15(3)17-11-14(2)8-9-18(17)25-4/h5-11,15H,12H2,1-4H3,(H,21,24)(H,22,23)/t15-/m0/s1. The van der Waals surface area contributed by atoms with Gasteiger partial charge in [-0.3, -0.25) is 9.59 Å². The highest BCUT2D eigenvalue weighted by Crippen LogP contribution is 2.25. The monoisotopic (exact) mass is 340 g/mol. The van der Waals surface area contributed by atoms with Crippen LogP contribution in [0.3, 0.4) is 0 Å². The summed E-state index contributed by atoms with van der Waals surface area (Å²) < 4.78 is 5.35. The Kier molecular flexibility index (Phi) is 6.17. The number of benzene rings is 2. The molecule has 0 aliphatic rings. The first-order chi connectivity index (χ1) is 11.9. The van der Waals surface area contributed by atoms with Gasteiger partial charge in [-0.1, -0.05) is 35.4 Å². The van der Waals surface area contributed by atoms with E-state index in [9.17, 15) is 9.59 Å². The summed E-state index contributed by atoms with van der Waals surface area (Å²) in [5.41, 5.74) is 3.53. The summed E-state index contributed by atoms with van der Waals surface area (Å²) in [6.07, 6.45) is 0. The second-order valence-electron chi connectivity index (χ2n) is 6.09. The van der Waals surface area contributed by atoms with Gasteiger partial charge in [0.1, 0.15) is 5.75 Å². The predicted octanol–water partition coefficient (Wildman–Crippen LogP) is 2.92. The van der Waals surface area contributed by atoms with Gasteiger partial charge in [0.15, 0.2) is 0 Å². The lowest BCUT2D eigenvalue weighted by molar-refractivity contribution is -0.120. The van der Waals surface area contributed by atoms with E-state index in [2.05, 4.69) is 10.6 Å². The summed E-state index contributed by atoms with van der Waals surface area (Å²) in [6, 6.07) is 12.8. The first kappa shape index (κ1) is 18.5. The van der Waals surface area contributed by atoms with Gasteiger partial charge in [-0.05, 0) is 39.0 Å². The van der Waals surface area contributed by atoms with E-state index in [0.717, 1.165) is 22.4 Å². The average molecular weight is 340 g/mol. The number of carbonyl (C=O) groups is 2. The summed E-state index contributed by atoms with van der Waals surface area (Å²) in [7, 11) is 1.60. The number of carbonyl (C=O) groups excluding carboxylic acids is 2. The maximum absolute atomic E-state index is 12.1. The fourth-order valence-electron chi connectivity index (χ4n) is 2.61. The molecule has 0 aliphatic carbocycles. The second-order valence-corrected chi connectivity index (χ2v) is 6.09.